The van der Waals surface area contributed by atoms with Gasteiger partial charge < -0.3 is 19.5 Å². The highest BCUT2D eigenvalue weighted by Crippen LogP contribution is 2.65. The monoisotopic (exact) mass is 558 g/mol. The third-order valence-corrected chi connectivity index (χ3v) is 10.0. The molecule has 3 aromatic rings. The first-order valence-electron chi connectivity index (χ1n) is 13.8. The van der Waals surface area contributed by atoms with Crippen LogP contribution in [0.15, 0.2) is 48.5 Å². The number of piperidine rings is 1. The number of nitrogens with one attached hydrogen (secondary N) is 1. The number of rotatable bonds is 4. The highest BCUT2D eigenvalue weighted by molar-refractivity contribution is 6.03. The molecule has 41 heavy (non-hydrogen) atoms. The zero-order chi connectivity index (χ0) is 28.8. The van der Waals surface area contributed by atoms with Crippen LogP contribution in [0.3, 0.4) is 0 Å². The second kappa shape index (κ2) is 8.62. The van der Waals surface area contributed by atoms with E-state index >= 15 is 0 Å². The predicted octanol–water partition coefficient (Wildman–Crippen LogP) is 4.05. The second-order valence-electron chi connectivity index (χ2n) is 12.3. The first kappa shape index (κ1) is 25.7. The molecular formula is C31H28F2N4O4. The number of carbonyl (C=O) groups is 3. The number of ketones is 1. The molecule has 3 fully saturated rings. The first-order valence-corrected chi connectivity index (χ1v) is 13.8. The molecule has 7 rings (SSSR count). The van der Waals surface area contributed by atoms with Crippen LogP contribution < -0.4 is 4.74 Å². The molecular weight excluding hydrogens is 530 g/mol. The molecule has 2 amide bonds. The van der Waals surface area contributed by atoms with Crippen molar-refractivity contribution < 1.29 is 27.9 Å². The smallest absolute Gasteiger partial charge is 0.387 e. The molecule has 4 aliphatic rings. The highest BCUT2D eigenvalue weighted by atomic mass is 19.3. The number of hydrogen-bond acceptors (Lipinski definition) is 5. The molecule has 2 aromatic carbocycles. The summed E-state index contributed by atoms with van der Waals surface area (Å²) in [5, 5.41) is 10.4. The van der Waals surface area contributed by atoms with Gasteiger partial charge in [0.1, 0.15) is 29.3 Å². The minimum Gasteiger partial charge on any atom is -0.434 e. The molecule has 2 saturated heterocycles. The lowest BCUT2D eigenvalue weighted by Crippen LogP contribution is -2.53. The van der Waals surface area contributed by atoms with Crippen molar-refractivity contribution in [1.29, 1.82) is 5.26 Å². The summed E-state index contributed by atoms with van der Waals surface area (Å²) in [6.45, 7) is 1.61. The Kier molecular flexibility index (Phi) is 5.40. The van der Waals surface area contributed by atoms with Crippen molar-refractivity contribution in [2.24, 2.45) is 17.3 Å². The molecule has 5 atom stereocenters. The number of hydrogen-bond donors (Lipinski definition) is 1. The molecule has 8 nitrogen and oxygen atoms in total. The Morgan fingerprint density at radius 1 is 1.15 bits per heavy atom. The summed E-state index contributed by atoms with van der Waals surface area (Å²) in [7, 11) is 0. The van der Waals surface area contributed by atoms with Gasteiger partial charge in [-0.15, -0.1) is 0 Å². The van der Waals surface area contributed by atoms with Gasteiger partial charge in [0, 0.05) is 30.4 Å². The van der Waals surface area contributed by atoms with Gasteiger partial charge in [-0.25, -0.2) is 0 Å². The van der Waals surface area contributed by atoms with E-state index in [1.165, 1.54) is 17.0 Å². The fourth-order valence-electron chi connectivity index (χ4n) is 7.83. The van der Waals surface area contributed by atoms with E-state index in [1.807, 2.05) is 24.3 Å². The van der Waals surface area contributed by atoms with Gasteiger partial charge in [-0.3, -0.25) is 14.4 Å². The number of alkyl halides is 2. The number of nitrogens with zero attached hydrogens (tertiary/aromatic N) is 3. The number of carbonyl (C=O) groups excluding carboxylic acids is 3. The molecule has 1 saturated carbocycles. The zero-order valence-electron chi connectivity index (χ0n) is 22.6. The maximum atomic E-state index is 14.4. The molecule has 1 N–H and O–H groups in total. The van der Waals surface area contributed by atoms with Gasteiger partial charge in [0.2, 0.25) is 5.91 Å². The largest absolute Gasteiger partial charge is 0.434 e. The van der Waals surface area contributed by atoms with E-state index in [0.717, 1.165) is 11.1 Å². The molecule has 3 heterocycles. The average Bonchev–Trinajstić information content (AvgIpc) is 3.52. The van der Waals surface area contributed by atoms with E-state index in [-0.39, 0.29) is 59.8 Å². The van der Waals surface area contributed by atoms with Crippen LogP contribution in [-0.4, -0.2) is 64.2 Å². The van der Waals surface area contributed by atoms with Crippen molar-refractivity contribution in [2.75, 3.05) is 13.1 Å². The molecule has 0 radical (unpaired) electrons. The summed E-state index contributed by atoms with van der Waals surface area (Å²) in [5.74, 6) is -0.772. The van der Waals surface area contributed by atoms with Crippen LogP contribution in [0, 0.1) is 28.6 Å². The minimum absolute atomic E-state index is 0.0122. The number of nitriles is 1. The van der Waals surface area contributed by atoms with Gasteiger partial charge in [0.05, 0.1) is 11.5 Å². The maximum absolute atomic E-state index is 14.4. The Bertz CT molecular complexity index is 1680. The van der Waals surface area contributed by atoms with Crippen LogP contribution >= 0.6 is 0 Å². The Labute approximate surface area is 234 Å². The van der Waals surface area contributed by atoms with Crippen LogP contribution in [0.2, 0.25) is 0 Å². The van der Waals surface area contributed by atoms with Crippen LogP contribution in [0.5, 0.6) is 5.75 Å². The zero-order valence-corrected chi connectivity index (χ0v) is 22.6. The van der Waals surface area contributed by atoms with E-state index in [0.29, 0.717) is 17.4 Å². The number of likely N-dealkylation sites (tertiary alicyclic amines) is 2. The summed E-state index contributed by atoms with van der Waals surface area (Å²) in [6.07, 6.45) is 0.512. The second-order valence-corrected chi connectivity index (χ2v) is 12.3. The fraction of sp³-hybridized carbons (Fsp3) is 0.419. The topological polar surface area (TPSA) is 106 Å². The summed E-state index contributed by atoms with van der Waals surface area (Å²) >= 11 is 0. The number of aromatic amines is 1. The van der Waals surface area contributed by atoms with Gasteiger partial charge >= 0.3 is 6.61 Å². The van der Waals surface area contributed by atoms with Crippen molar-refractivity contribution in [2.45, 2.75) is 50.8 Å². The lowest BCUT2D eigenvalue weighted by atomic mass is 9.79. The van der Waals surface area contributed by atoms with Gasteiger partial charge in [-0.05, 0) is 53.0 Å². The Balaban J connectivity index is 1.22. The molecule has 0 bridgehead atoms. The van der Waals surface area contributed by atoms with Crippen LogP contribution in [0.4, 0.5) is 8.78 Å². The molecule has 1 aromatic heterocycles. The van der Waals surface area contributed by atoms with Gasteiger partial charge in [-0.1, -0.05) is 44.2 Å². The van der Waals surface area contributed by atoms with Crippen molar-refractivity contribution in [3.05, 3.63) is 65.4 Å². The van der Waals surface area contributed by atoms with E-state index in [2.05, 4.69) is 29.6 Å². The predicted molar refractivity (Wildman–Crippen MR) is 143 cm³/mol. The van der Waals surface area contributed by atoms with E-state index in [1.54, 1.807) is 17.0 Å². The number of Topliss-reactive ketones (excluding diaryl/α,β-unsaturated/α-hetero) is 1. The van der Waals surface area contributed by atoms with Gasteiger partial charge in [0.15, 0.2) is 0 Å². The number of halogens is 2. The van der Waals surface area contributed by atoms with Crippen molar-refractivity contribution in [1.82, 2.24) is 14.8 Å². The van der Waals surface area contributed by atoms with E-state index < -0.39 is 30.0 Å². The fourth-order valence-corrected chi connectivity index (χ4v) is 7.83. The number of aromatic nitrogens is 1. The number of H-pyrrole nitrogens is 1. The summed E-state index contributed by atoms with van der Waals surface area (Å²) < 4.78 is 30.5. The van der Waals surface area contributed by atoms with E-state index in [4.69, 9.17) is 0 Å². The summed E-state index contributed by atoms with van der Waals surface area (Å²) in [5.41, 5.74) is 1.35. The Morgan fingerprint density at radius 3 is 2.68 bits per heavy atom. The van der Waals surface area contributed by atoms with Crippen molar-refractivity contribution in [3.8, 4) is 11.8 Å². The summed E-state index contributed by atoms with van der Waals surface area (Å²) in [4.78, 5) is 47.7. The maximum Gasteiger partial charge on any atom is 0.387 e. The van der Waals surface area contributed by atoms with Crippen molar-refractivity contribution in [3.63, 3.8) is 0 Å². The Hall–Kier alpha value is -4.26. The molecule has 10 heteroatoms. The normalized spacial score (nSPS) is 29.2. The third kappa shape index (κ3) is 3.57. The quantitative estimate of drug-likeness (QED) is 0.520. The highest BCUT2D eigenvalue weighted by Gasteiger charge is 2.70. The Morgan fingerprint density at radius 2 is 1.93 bits per heavy atom. The molecule has 0 unspecified atom stereocenters. The van der Waals surface area contributed by atoms with Gasteiger partial charge in [-0.2, -0.15) is 14.0 Å². The molecule has 2 aliphatic carbocycles. The number of fused-ring (bicyclic) bond motifs is 4. The standard InChI is InChI=1S/C31H28F2N4O4/c1-30(2)20-14-36(27(39)22-11-18-21(35-22)8-5-9-23(18)41-29(32)33)26(25(20)30)28(40)37-15-31(12-17(37)13-34)19-7-4-3-6-16(19)10-24(31)38/h3-9,11,17,20,25-26,29,35H,10,12,14-15H2,1-2H3/t17-,20-,25-,26-,31-/m0/s1. The van der Waals surface area contributed by atoms with Crippen molar-refractivity contribution >= 4 is 28.5 Å². The lowest BCUT2D eigenvalue weighted by molar-refractivity contribution is -0.137. The average molecular weight is 559 g/mol. The van der Waals surface area contributed by atoms with Crippen LogP contribution in [0.1, 0.15) is 41.9 Å². The van der Waals surface area contributed by atoms with Crippen LogP contribution in [0.25, 0.3) is 10.9 Å². The minimum atomic E-state index is -3.01. The summed E-state index contributed by atoms with van der Waals surface area (Å²) in [6, 6.07) is 14.3. The number of amides is 2. The van der Waals surface area contributed by atoms with Crippen LogP contribution in [-0.2, 0) is 21.4 Å². The van der Waals surface area contributed by atoms with Gasteiger partial charge in [0.25, 0.3) is 5.91 Å². The number of ether oxygens (including phenoxy) is 1. The first-order chi connectivity index (χ1) is 19.6. The molecule has 1 spiro atoms. The SMILES string of the molecule is CC1(C)[C@@H]2[C@@H](C(=O)N3C[C@]4(C[C@H]3C#N)C(=O)Cc3ccccc34)N(C(=O)c3cc4c(OC(F)F)cccc4[nH]3)C[C@@H]21. The lowest BCUT2D eigenvalue weighted by Gasteiger charge is -2.33. The van der Waals surface area contributed by atoms with E-state index in [9.17, 15) is 28.4 Å². The molecule has 210 valence electrons. The third-order valence-electron chi connectivity index (χ3n) is 10.0. The number of benzene rings is 2. The molecule has 2 aliphatic heterocycles.